The predicted octanol–water partition coefficient (Wildman–Crippen LogP) is 7.40. The highest BCUT2D eigenvalue weighted by molar-refractivity contribution is 5.67. The van der Waals surface area contributed by atoms with Gasteiger partial charge in [-0.1, -0.05) is 38.7 Å². The lowest BCUT2D eigenvalue weighted by molar-refractivity contribution is 0.0795. The van der Waals surface area contributed by atoms with Crippen LogP contribution >= 0.6 is 0 Å². The minimum Gasteiger partial charge on any atom is -0.484 e. The Morgan fingerprint density at radius 2 is 1.75 bits per heavy atom. The third-order valence-corrected chi connectivity index (χ3v) is 6.46. The third-order valence-electron chi connectivity index (χ3n) is 6.46. The van der Waals surface area contributed by atoms with Crippen LogP contribution in [-0.4, -0.2) is 13.0 Å². The van der Waals surface area contributed by atoms with Crippen LogP contribution in [0.15, 0.2) is 18.2 Å². The van der Waals surface area contributed by atoms with E-state index in [9.17, 15) is 17.6 Å². The van der Waals surface area contributed by atoms with Crippen molar-refractivity contribution in [2.24, 2.45) is 17.8 Å². The van der Waals surface area contributed by atoms with Crippen molar-refractivity contribution >= 4 is 5.57 Å². The van der Waals surface area contributed by atoms with Gasteiger partial charge in [0, 0.05) is 5.56 Å². The summed E-state index contributed by atoms with van der Waals surface area (Å²) in [6.07, 6.45) is 9.78. The smallest absolute Gasteiger partial charge is 0.272 e. The van der Waals surface area contributed by atoms with Crippen molar-refractivity contribution in [3.63, 3.8) is 0 Å². The number of benzene rings is 1. The Hall–Kier alpha value is -1.52. The largest absolute Gasteiger partial charge is 0.484 e. The molecule has 0 N–H and O–H groups in total. The van der Waals surface area contributed by atoms with Gasteiger partial charge in [0.05, 0.1) is 0 Å². The molecule has 0 bridgehead atoms. The maximum absolute atomic E-state index is 14.5. The van der Waals surface area contributed by atoms with Crippen molar-refractivity contribution < 1.29 is 22.3 Å². The first kappa shape index (κ1) is 21.2. The van der Waals surface area contributed by atoms with Crippen molar-refractivity contribution in [3.05, 3.63) is 35.4 Å². The summed E-state index contributed by atoms with van der Waals surface area (Å²) in [6.45, 7) is 1.31. The Kier molecular flexibility index (Phi) is 7.42. The minimum absolute atomic E-state index is 0.229. The molecule has 1 nitrogen and oxygen atoms in total. The first-order chi connectivity index (χ1) is 13.5. The van der Waals surface area contributed by atoms with E-state index in [0.29, 0.717) is 5.92 Å². The molecule has 3 rings (SSSR count). The second-order valence-electron chi connectivity index (χ2n) is 8.27. The van der Waals surface area contributed by atoms with Gasteiger partial charge in [-0.25, -0.2) is 13.2 Å². The van der Waals surface area contributed by atoms with Gasteiger partial charge in [-0.3, -0.25) is 0 Å². The molecule has 0 heterocycles. The topological polar surface area (TPSA) is 9.23 Å². The van der Waals surface area contributed by atoms with E-state index >= 15 is 0 Å². The van der Waals surface area contributed by atoms with Crippen LogP contribution in [0.25, 0.3) is 5.57 Å². The zero-order valence-corrected chi connectivity index (χ0v) is 16.5. The first-order valence-electron chi connectivity index (χ1n) is 10.6. The van der Waals surface area contributed by atoms with E-state index < -0.39 is 30.4 Å². The van der Waals surface area contributed by atoms with Crippen LogP contribution in [0, 0.1) is 29.4 Å². The van der Waals surface area contributed by atoms with Crippen molar-refractivity contribution in [2.75, 3.05) is 6.61 Å². The fraction of sp³-hybridized carbons (Fsp3) is 0.652. The Balaban J connectivity index is 1.61. The molecule has 0 spiro atoms. The van der Waals surface area contributed by atoms with Gasteiger partial charge >= 0.3 is 0 Å². The fourth-order valence-corrected chi connectivity index (χ4v) is 4.93. The van der Waals surface area contributed by atoms with Crippen LogP contribution in [0.1, 0.15) is 70.3 Å². The zero-order valence-electron chi connectivity index (χ0n) is 16.5. The molecule has 2 aliphatic rings. The maximum Gasteiger partial charge on any atom is 0.272 e. The van der Waals surface area contributed by atoms with E-state index in [0.717, 1.165) is 36.7 Å². The molecule has 1 atom stereocenters. The van der Waals surface area contributed by atoms with Gasteiger partial charge in [-0.05, 0) is 67.6 Å². The summed E-state index contributed by atoms with van der Waals surface area (Å²) in [4.78, 5) is 0. The normalized spacial score (nSPS) is 25.6. The molecule has 1 fully saturated rings. The Bertz CT molecular complexity index is 677. The molecule has 0 aliphatic heterocycles. The highest BCUT2D eigenvalue weighted by atomic mass is 19.3. The molecule has 28 heavy (non-hydrogen) atoms. The Morgan fingerprint density at radius 1 is 1.00 bits per heavy atom. The lowest BCUT2D eigenvalue weighted by Crippen LogP contribution is -2.23. The number of hydrogen-bond acceptors (Lipinski definition) is 1. The molecule has 1 aromatic rings. The Morgan fingerprint density at radius 3 is 2.36 bits per heavy atom. The second-order valence-corrected chi connectivity index (χ2v) is 8.27. The average molecular weight is 398 g/mol. The lowest BCUT2D eigenvalue weighted by atomic mass is 9.70. The third kappa shape index (κ3) is 5.09. The SMILES string of the molecule is CCCC1CCC(C2CC=C(c3ccc(OCC(F)F)c(F)c3F)CC2)CC1. The van der Waals surface area contributed by atoms with Gasteiger partial charge in [-0.2, -0.15) is 4.39 Å². The molecule has 1 unspecified atom stereocenters. The van der Waals surface area contributed by atoms with Crippen LogP contribution in [0.5, 0.6) is 5.75 Å². The maximum atomic E-state index is 14.5. The van der Waals surface area contributed by atoms with Crippen LogP contribution in [0.2, 0.25) is 0 Å². The Labute approximate surface area is 165 Å². The molecule has 1 aromatic carbocycles. The number of alkyl halides is 2. The van der Waals surface area contributed by atoms with Gasteiger partial charge in [0.15, 0.2) is 11.6 Å². The molecule has 0 amide bonds. The molecule has 1 saturated carbocycles. The van der Waals surface area contributed by atoms with Crippen LogP contribution in [0.4, 0.5) is 17.6 Å². The number of halogens is 4. The molecule has 5 heteroatoms. The summed E-state index contributed by atoms with van der Waals surface area (Å²) in [5.74, 6) is -0.379. The molecule has 2 aliphatic carbocycles. The zero-order chi connectivity index (χ0) is 20.1. The van der Waals surface area contributed by atoms with Gasteiger partial charge < -0.3 is 4.74 Å². The first-order valence-corrected chi connectivity index (χ1v) is 10.6. The lowest BCUT2D eigenvalue weighted by Gasteiger charge is -2.35. The summed E-state index contributed by atoms with van der Waals surface area (Å²) < 4.78 is 57.7. The average Bonchev–Trinajstić information content (AvgIpc) is 2.70. The van der Waals surface area contributed by atoms with Crippen LogP contribution in [0.3, 0.4) is 0 Å². The molecule has 0 radical (unpaired) electrons. The monoisotopic (exact) mass is 398 g/mol. The highest BCUT2D eigenvalue weighted by Gasteiger charge is 2.29. The van der Waals surface area contributed by atoms with Crippen molar-refractivity contribution in [1.29, 1.82) is 0 Å². The van der Waals surface area contributed by atoms with E-state index in [1.54, 1.807) is 0 Å². The summed E-state index contributed by atoms with van der Waals surface area (Å²) in [5, 5.41) is 0. The van der Waals surface area contributed by atoms with Gasteiger partial charge in [0.2, 0.25) is 5.82 Å². The number of ether oxygens (including phenoxy) is 1. The molecule has 0 aromatic heterocycles. The van der Waals surface area contributed by atoms with E-state index in [4.69, 9.17) is 0 Å². The fourth-order valence-electron chi connectivity index (χ4n) is 4.93. The van der Waals surface area contributed by atoms with E-state index in [2.05, 4.69) is 11.7 Å². The van der Waals surface area contributed by atoms with Crippen LogP contribution < -0.4 is 4.74 Å². The molecular formula is C23H30F4O. The molecule has 0 saturated heterocycles. The van der Waals surface area contributed by atoms with Crippen molar-refractivity contribution in [2.45, 2.75) is 71.1 Å². The standard InChI is InChI=1S/C23H30F4O/c1-2-3-15-4-6-16(7-5-15)17-8-10-18(11-9-17)19-12-13-20(23(27)22(19)26)28-14-21(24)25/h10,12-13,15-17,21H,2-9,11,14H2,1H3. The summed E-state index contributed by atoms with van der Waals surface area (Å²) in [5.41, 5.74) is 1.04. The van der Waals surface area contributed by atoms with Gasteiger partial charge in [0.25, 0.3) is 6.43 Å². The molecular weight excluding hydrogens is 368 g/mol. The predicted molar refractivity (Wildman–Crippen MR) is 104 cm³/mol. The number of rotatable bonds is 7. The van der Waals surface area contributed by atoms with Gasteiger partial charge in [-0.15, -0.1) is 0 Å². The molecule has 156 valence electrons. The van der Waals surface area contributed by atoms with E-state index in [1.807, 2.05) is 6.08 Å². The number of hydrogen-bond donors (Lipinski definition) is 0. The summed E-state index contributed by atoms with van der Waals surface area (Å²) in [7, 11) is 0. The summed E-state index contributed by atoms with van der Waals surface area (Å²) in [6, 6.07) is 2.69. The van der Waals surface area contributed by atoms with E-state index in [1.165, 1.54) is 50.7 Å². The van der Waals surface area contributed by atoms with Crippen molar-refractivity contribution in [1.82, 2.24) is 0 Å². The summed E-state index contributed by atoms with van der Waals surface area (Å²) >= 11 is 0. The minimum atomic E-state index is -2.72. The van der Waals surface area contributed by atoms with Crippen molar-refractivity contribution in [3.8, 4) is 5.75 Å². The quantitative estimate of drug-likeness (QED) is 0.435. The van der Waals surface area contributed by atoms with Gasteiger partial charge in [0.1, 0.15) is 6.61 Å². The van der Waals surface area contributed by atoms with Crippen LogP contribution in [-0.2, 0) is 0 Å². The number of allylic oxidation sites excluding steroid dienone is 2. The van der Waals surface area contributed by atoms with E-state index in [-0.39, 0.29) is 5.56 Å². The second kappa shape index (κ2) is 9.80. The highest BCUT2D eigenvalue weighted by Crippen LogP contribution is 2.42.